The van der Waals surface area contributed by atoms with Gasteiger partial charge in [-0.1, -0.05) is 32.0 Å². The Hall–Kier alpha value is -3.25. The molecule has 4 fully saturated rings. The van der Waals surface area contributed by atoms with E-state index < -0.39 is 5.97 Å². The average molecular weight is 674 g/mol. The van der Waals surface area contributed by atoms with E-state index in [1.165, 1.54) is 6.42 Å². The third-order valence-electron chi connectivity index (χ3n) is 12.1. The van der Waals surface area contributed by atoms with Crippen molar-refractivity contribution in [3.63, 3.8) is 0 Å². The van der Waals surface area contributed by atoms with Crippen LogP contribution in [0.1, 0.15) is 83.6 Å². The van der Waals surface area contributed by atoms with E-state index in [1.807, 2.05) is 31.2 Å². The Morgan fingerprint density at radius 2 is 1.94 bits per heavy atom. The highest BCUT2D eigenvalue weighted by atomic mass is 32.2. The van der Waals surface area contributed by atoms with Crippen molar-refractivity contribution in [3.05, 3.63) is 64.6 Å². The van der Waals surface area contributed by atoms with Crippen LogP contribution in [-0.4, -0.2) is 86.2 Å². The molecule has 4 atom stereocenters. The van der Waals surface area contributed by atoms with E-state index in [4.69, 9.17) is 14.4 Å². The monoisotopic (exact) mass is 673 g/mol. The summed E-state index contributed by atoms with van der Waals surface area (Å²) in [6.07, 6.45) is 8.96. The topological polar surface area (TPSA) is 121 Å². The number of aromatic carboxylic acids is 1. The van der Waals surface area contributed by atoms with Gasteiger partial charge in [0.25, 0.3) is 0 Å². The molecule has 4 unspecified atom stereocenters. The number of fused-ring (bicyclic) bond motifs is 1. The number of carboxylic acid groups (broad SMARTS) is 1. The highest BCUT2D eigenvalue weighted by Gasteiger charge is 2.73. The van der Waals surface area contributed by atoms with Crippen LogP contribution in [0.25, 0.3) is 11.1 Å². The Morgan fingerprint density at radius 3 is 2.71 bits per heavy atom. The number of carbonyl (C=O) groups excluding carboxylic acids is 1. The molecular formula is C37H47N5O5S. The molecule has 2 aromatic heterocycles. The molecule has 11 heteroatoms. The third-order valence-corrected chi connectivity index (χ3v) is 12.5. The molecule has 3 heterocycles. The van der Waals surface area contributed by atoms with E-state index in [0.717, 1.165) is 92.5 Å². The molecule has 0 saturated heterocycles. The molecule has 0 spiro atoms. The zero-order valence-corrected chi connectivity index (χ0v) is 29.3. The predicted octanol–water partition coefficient (Wildman–Crippen LogP) is 6.21. The van der Waals surface area contributed by atoms with Crippen LogP contribution in [-0.2, 0) is 24.2 Å². The molecule has 10 nitrogen and oxygen atoms in total. The average Bonchev–Trinajstić information content (AvgIpc) is 3.54. The quantitative estimate of drug-likeness (QED) is 0.160. The van der Waals surface area contributed by atoms with Crippen LogP contribution in [0.5, 0.6) is 0 Å². The van der Waals surface area contributed by atoms with Crippen LogP contribution in [0, 0.1) is 23.2 Å². The number of carboxylic acids is 1. The van der Waals surface area contributed by atoms with E-state index in [-0.39, 0.29) is 27.5 Å². The normalized spacial score (nSPS) is 28.8. The van der Waals surface area contributed by atoms with Crippen molar-refractivity contribution < 1.29 is 24.0 Å². The van der Waals surface area contributed by atoms with Crippen molar-refractivity contribution in [2.24, 2.45) is 16.2 Å². The summed E-state index contributed by atoms with van der Waals surface area (Å²) in [6.45, 7) is 11.3. The number of ether oxygens (including phenoxy) is 1. The molecule has 48 heavy (non-hydrogen) atoms. The molecule has 2 N–H and O–H groups in total. The van der Waals surface area contributed by atoms with Gasteiger partial charge in [0, 0.05) is 60.9 Å². The molecule has 1 aromatic carbocycles. The number of likely N-dealkylation sites (N-methyl/N-ethyl adjacent to an activating group) is 1. The van der Waals surface area contributed by atoms with Crippen LogP contribution in [0.3, 0.4) is 0 Å². The van der Waals surface area contributed by atoms with Crippen LogP contribution in [0.4, 0.5) is 5.82 Å². The molecule has 1 aliphatic heterocycles. The van der Waals surface area contributed by atoms with Crippen molar-refractivity contribution in [1.29, 1.82) is 0 Å². The molecule has 8 rings (SSSR count). The van der Waals surface area contributed by atoms with E-state index >= 15 is 0 Å². The van der Waals surface area contributed by atoms with Gasteiger partial charge in [-0.25, -0.2) is 9.78 Å². The van der Waals surface area contributed by atoms with Crippen LogP contribution >= 0.6 is 12.0 Å². The van der Waals surface area contributed by atoms with Gasteiger partial charge in [0.1, 0.15) is 12.1 Å². The van der Waals surface area contributed by atoms with Crippen molar-refractivity contribution in [2.75, 3.05) is 43.9 Å². The van der Waals surface area contributed by atoms with Gasteiger partial charge in [0.15, 0.2) is 5.69 Å². The van der Waals surface area contributed by atoms with E-state index in [9.17, 15) is 14.7 Å². The zero-order chi connectivity index (χ0) is 33.9. The Kier molecular flexibility index (Phi) is 8.50. The van der Waals surface area contributed by atoms with Crippen molar-refractivity contribution >= 4 is 30.1 Å². The van der Waals surface area contributed by atoms with Gasteiger partial charge < -0.3 is 24.2 Å². The summed E-state index contributed by atoms with van der Waals surface area (Å²) in [7, 11) is 2.07. The second kappa shape index (κ2) is 12.3. The maximum atomic E-state index is 12.6. The summed E-state index contributed by atoms with van der Waals surface area (Å²) in [4.78, 5) is 33.3. The highest BCUT2D eigenvalue weighted by Crippen LogP contribution is 2.78. The third kappa shape index (κ3) is 5.66. The molecule has 4 bridgehead atoms. The van der Waals surface area contributed by atoms with Gasteiger partial charge in [-0.05, 0) is 104 Å². The predicted molar refractivity (Wildman–Crippen MR) is 187 cm³/mol. The SMILES string of the molecule is Cc1c(-c2ccc(N3CCc4cccc(C=O)c4C3)nc2C(=O)O)cnn1CC12CC3(C)CC(OCCN(C)CCSO)(CC1(C)C3)C2. The van der Waals surface area contributed by atoms with Crippen LogP contribution in [0.15, 0.2) is 36.5 Å². The summed E-state index contributed by atoms with van der Waals surface area (Å²) >= 11 is 0.881. The lowest BCUT2D eigenvalue weighted by Crippen LogP contribution is -2.45. The minimum atomic E-state index is -1.07. The first-order chi connectivity index (χ1) is 22.9. The number of anilines is 1. The lowest BCUT2D eigenvalue weighted by atomic mass is 9.65. The van der Waals surface area contributed by atoms with E-state index in [2.05, 4.69) is 46.4 Å². The van der Waals surface area contributed by atoms with Gasteiger partial charge >= 0.3 is 5.97 Å². The molecule has 4 saturated carbocycles. The van der Waals surface area contributed by atoms with Crippen molar-refractivity contribution in [1.82, 2.24) is 19.7 Å². The Balaban J connectivity index is 1.12. The van der Waals surface area contributed by atoms with E-state index in [1.54, 1.807) is 6.20 Å². The summed E-state index contributed by atoms with van der Waals surface area (Å²) in [5.41, 5.74) is 5.41. The van der Waals surface area contributed by atoms with Crippen LogP contribution < -0.4 is 4.90 Å². The summed E-state index contributed by atoms with van der Waals surface area (Å²) < 4.78 is 18.0. The van der Waals surface area contributed by atoms with Crippen molar-refractivity contribution in [2.45, 2.75) is 78.0 Å². The maximum Gasteiger partial charge on any atom is 0.355 e. The Labute approximate surface area is 287 Å². The first-order valence-electron chi connectivity index (χ1n) is 17.1. The Bertz CT molecular complexity index is 1750. The fraction of sp³-hybridized carbons (Fsp3) is 0.568. The fourth-order valence-electron chi connectivity index (χ4n) is 10.4. The maximum absolute atomic E-state index is 12.6. The number of benzene rings is 1. The lowest BCUT2D eigenvalue weighted by molar-refractivity contribution is -0.112. The zero-order valence-electron chi connectivity index (χ0n) is 28.5. The fourth-order valence-corrected chi connectivity index (χ4v) is 10.8. The van der Waals surface area contributed by atoms with Gasteiger partial charge in [-0.2, -0.15) is 5.10 Å². The van der Waals surface area contributed by atoms with Crippen LogP contribution in [0.2, 0.25) is 0 Å². The molecule has 0 amide bonds. The van der Waals surface area contributed by atoms with Gasteiger partial charge in [0.05, 0.1) is 18.4 Å². The summed E-state index contributed by atoms with van der Waals surface area (Å²) in [5, 5.41) is 15.2. The van der Waals surface area contributed by atoms with Gasteiger partial charge in [-0.15, -0.1) is 0 Å². The minimum Gasteiger partial charge on any atom is -0.476 e. The first kappa shape index (κ1) is 33.3. The standard InChI is InChI=1S/C37H47N5O5S/c1-25-29(28-8-9-31(39-32(28)33(44)45)41-11-10-26-6-5-7-27(18-43)30(26)17-41)16-38-42(25)24-36-20-34(2)19-35(36,3)22-37(21-34,23-36)47-14-12-40(4)13-15-48-46/h5-9,16,18,46H,10-15,17,19-24H2,1-4H3,(H,44,45). The molecule has 256 valence electrons. The number of pyridine rings is 1. The number of rotatable bonds is 13. The summed E-state index contributed by atoms with van der Waals surface area (Å²) in [6, 6.07) is 9.55. The number of aromatic nitrogens is 3. The minimum absolute atomic E-state index is 0.0120. The van der Waals surface area contributed by atoms with Gasteiger partial charge in [0.2, 0.25) is 0 Å². The molecule has 4 aliphatic carbocycles. The number of nitrogens with zero attached hydrogens (tertiary/aromatic N) is 5. The largest absolute Gasteiger partial charge is 0.476 e. The number of carbonyl (C=O) groups is 2. The number of hydrogen-bond acceptors (Lipinski definition) is 9. The first-order valence-corrected chi connectivity index (χ1v) is 18.0. The summed E-state index contributed by atoms with van der Waals surface area (Å²) in [5.74, 6) is 0.211. The molecule has 3 aromatic rings. The van der Waals surface area contributed by atoms with Crippen molar-refractivity contribution in [3.8, 4) is 11.1 Å². The number of hydrogen-bond donors (Lipinski definition) is 2. The van der Waals surface area contributed by atoms with Gasteiger partial charge in [-0.3, -0.25) is 9.48 Å². The second-order valence-electron chi connectivity index (χ2n) is 15.6. The molecular weight excluding hydrogens is 627 g/mol. The number of aldehydes is 1. The smallest absolute Gasteiger partial charge is 0.355 e. The molecule has 0 radical (unpaired) electrons. The highest BCUT2D eigenvalue weighted by molar-refractivity contribution is 7.93. The molecule has 5 aliphatic rings. The lowest BCUT2D eigenvalue weighted by Gasteiger charge is -2.46. The second-order valence-corrected chi connectivity index (χ2v) is 16.3. The van der Waals surface area contributed by atoms with E-state index in [0.29, 0.717) is 42.4 Å². The Morgan fingerprint density at radius 1 is 1.10 bits per heavy atom.